The summed E-state index contributed by atoms with van der Waals surface area (Å²) in [4.78, 5) is 35.7. The van der Waals surface area contributed by atoms with E-state index in [0.29, 0.717) is 24.7 Å². The van der Waals surface area contributed by atoms with Gasteiger partial charge in [0.1, 0.15) is 12.2 Å². The number of carbonyl (C=O) groups excluding carboxylic acids is 3. The molecule has 1 N–H and O–H groups in total. The van der Waals surface area contributed by atoms with Crippen LogP contribution in [0, 0.1) is 46.3 Å². The summed E-state index contributed by atoms with van der Waals surface area (Å²) in [6.07, 6.45) is 6.59. The van der Waals surface area contributed by atoms with Crippen molar-refractivity contribution in [1.82, 2.24) is 0 Å². The summed E-state index contributed by atoms with van der Waals surface area (Å²) in [5, 5.41) is 11.8. The van der Waals surface area contributed by atoms with E-state index in [1.165, 1.54) is 21.0 Å². The lowest BCUT2D eigenvalue weighted by atomic mass is 9.43. The molecule has 4 aliphatic carbocycles. The molecule has 0 radical (unpaired) electrons. The zero-order chi connectivity index (χ0) is 26.4. The third-order valence-corrected chi connectivity index (χ3v) is 11.2. The third-order valence-electron chi connectivity index (χ3n) is 11.2. The van der Waals surface area contributed by atoms with E-state index in [0.717, 1.165) is 44.9 Å². The Kier molecular flexibility index (Phi) is 7.81. The Balaban J connectivity index is 1.62. The number of methoxy groups -OCH3 is 1. The predicted octanol–water partition coefficient (Wildman–Crippen LogP) is 4.68. The average Bonchev–Trinajstić information content (AvgIpc) is 3.16. The van der Waals surface area contributed by atoms with E-state index in [2.05, 4.69) is 20.8 Å². The molecule has 36 heavy (non-hydrogen) atoms. The van der Waals surface area contributed by atoms with Crippen LogP contribution in [0.2, 0.25) is 0 Å². The Hall–Kier alpha value is -1.63. The Morgan fingerprint density at radius 1 is 0.972 bits per heavy atom. The van der Waals surface area contributed by atoms with Crippen molar-refractivity contribution in [2.75, 3.05) is 7.11 Å². The molecule has 0 bridgehead atoms. The molecule has 7 nitrogen and oxygen atoms in total. The standard InChI is InChI=1S/C29H46O7/c1-16(7-10-26(33)34-6)21-8-9-22-27-23(15-25(32)29(21,22)5)28(4)12-11-20(35-17(2)30)13-19(28)14-24(27)36-18(3)31/h16,19-25,27,32H,7-15H2,1-6H3/t16-,19-,20+,21-,22+,23+,24-,25-,27+,28+,29-/m1/s1. The highest BCUT2D eigenvalue weighted by Gasteiger charge is 2.66. The van der Waals surface area contributed by atoms with Crippen LogP contribution >= 0.6 is 0 Å². The lowest BCUT2D eigenvalue weighted by molar-refractivity contribution is -0.218. The number of ether oxygens (including phenoxy) is 3. The molecule has 4 aliphatic rings. The first-order chi connectivity index (χ1) is 16.9. The van der Waals surface area contributed by atoms with Crippen molar-refractivity contribution < 1.29 is 33.7 Å². The molecule has 0 aromatic carbocycles. The molecular formula is C29H46O7. The number of hydrogen-bond acceptors (Lipinski definition) is 7. The maximum atomic E-state index is 12.2. The van der Waals surface area contributed by atoms with Crippen LogP contribution in [0.3, 0.4) is 0 Å². The highest BCUT2D eigenvalue weighted by molar-refractivity contribution is 5.69. The summed E-state index contributed by atoms with van der Waals surface area (Å²) in [5.74, 6) is 0.965. The first kappa shape index (κ1) is 27.4. The molecule has 11 atom stereocenters. The van der Waals surface area contributed by atoms with Crippen LogP contribution in [0.5, 0.6) is 0 Å². The molecule has 0 saturated heterocycles. The smallest absolute Gasteiger partial charge is 0.305 e. The van der Waals surface area contributed by atoms with Crippen molar-refractivity contribution in [3.8, 4) is 0 Å². The topological polar surface area (TPSA) is 99.1 Å². The lowest BCUT2D eigenvalue weighted by Crippen LogP contribution is -2.63. The summed E-state index contributed by atoms with van der Waals surface area (Å²) in [5.41, 5.74) is -0.248. The number of aliphatic hydroxyl groups excluding tert-OH is 1. The molecule has 0 amide bonds. The van der Waals surface area contributed by atoms with Crippen LogP contribution in [-0.4, -0.2) is 48.4 Å². The van der Waals surface area contributed by atoms with Gasteiger partial charge in [-0.25, -0.2) is 0 Å². The second-order valence-electron chi connectivity index (χ2n) is 12.8. The van der Waals surface area contributed by atoms with Crippen LogP contribution in [0.25, 0.3) is 0 Å². The van der Waals surface area contributed by atoms with Crippen molar-refractivity contribution in [2.24, 2.45) is 46.3 Å². The molecule has 4 rings (SSSR count). The molecule has 0 aromatic heterocycles. The average molecular weight is 507 g/mol. The van der Waals surface area contributed by atoms with Crippen molar-refractivity contribution >= 4 is 17.9 Å². The molecule has 0 aromatic rings. The Morgan fingerprint density at radius 3 is 2.31 bits per heavy atom. The first-order valence-electron chi connectivity index (χ1n) is 14.0. The summed E-state index contributed by atoms with van der Waals surface area (Å²) < 4.78 is 16.5. The summed E-state index contributed by atoms with van der Waals surface area (Å²) in [6, 6.07) is 0. The van der Waals surface area contributed by atoms with Gasteiger partial charge in [-0.15, -0.1) is 0 Å². The molecule has 204 valence electrons. The minimum atomic E-state index is -0.434. The van der Waals surface area contributed by atoms with Gasteiger partial charge in [-0.3, -0.25) is 14.4 Å². The van der Waals surface area contributed by atoms with E-state index in [9.17, 15) is 19.5 Å². The van der Waals surface area contributed by atoms with Gasteiger partial charge >= 0.3 is 17.9 Å². The van der Waals surface area contributed by atoms with Crippen LogP contribution in [-0.2, 0) is 28.6 Å². The Bertz CT molecular complexity index is 857. The van der Waals surface area contributed by atoms with E-state index in [1.807, 2.05) is 0 Å². The molecule has 0 unspecified atom stereocenters. The monoisotopic (exact) mass is 506 g/mol. The fourth-order valence-electron chi connectivity index (χ4n) is 9.42. The zero-order valence-corrected chi connectivity index (χ0v) is 23.0. The van der Waals surface area contributed by atoms with Gasteiger partial charge in [0.15, 0.2) is 0 Å². The summed E-state index contributed by atoms with van der Waals surface area (Å²) in [7, 11) is 1.43. The molecule has 4 saturated carbocycles. The highest BCUT2D eigenvalue weighted by atomic mass is 16.5. The number of rotatable bonds is 6. The second-order valence-corrected chi connectivity index (χ2v) is 12.8. The fourth-order valence-corrected chi connectivity index (χ4v) is 9.42. The SMILES string of the molecule is COC(=O)CC[C@@H](C)[C@H]1CC[C@H]2[C@@H]3[C@H](OC(C)=O)C[C@H]4C[C@@H](OC(C)=O)CC[C@]4(C)[C@H]3C[C@@H](O)[C@]12C. The van der Waals surface area contributed by atoms with Gasteiger partial charge in [-0.1, -0.05) is 20.8 Å². The highest BCUT2D eigenvalue weighted by Crippen LogP contribution is 2.68. The van der Waals surface area contributed by atoms with Crippen molar-refractivity contribution in [1.29, 1.82) is 0 Å². The number of aliphatic hydroxyl groups is 1. The molecule has 0 heterocycles. The van der Waals surface area contributed by atoms with Gasteiger partial charge in [-0.05, 0) is 91.8 Å². The largest absolute Gasteiger partial charge is 0.469 e. The summed E-state index contributed by atoms with van der Waals surface area (Å²) in [6.45, 7) is 9.78. The third kappa shape index (κ3) is 4.69. The van der Waals surface area contributed by atoms with Gasteiger partial charge in [0, 0.05) is 26.2 Å². The van der Waals surface area contributed by atoms with Gasteiger partial charge in [-0.2, -0.15) is 0 Å². The van der Waals surface area contributed by atoms with Gasteiger partial charge < -0.3 is 19.3 Å². The maximum absolute atomic E-state index is 12.2. The van der Waals surface area contributed by atoms with E-state index in [4.69, 9.17) is 14.2 Å². The number of fused-ring (bicyclic) bond motifs is 5. The van der Waals surface area contributed by atoms with E-state index >= 15 is 0 Å². The van der Waals surface area contributed by atoms with Crippen LogP contribution < -0.4 is 0 Å². The van der Waals surface area contributed by atoms with Gasteiger partial charge in [0.25, 0.3) is 0 Å². The normalized spacial score (nSPS) is 44.4. The Labute approximate surface area is 216 Å². The predicted molar refractivity (Wildman–Crippen MR) is 134 cm³/mol. The summed E-state index contributed by atoms with van der Waals surface area (Å²) >= 11 is 0. The van der Waals surface area contributed by atoms with Crippen LogP contribution in [0.4, 0.5) is 0 Å². The van der Waals surface area contributed by atoms with E-state index < -0.39 is 6.10 Å². The van der Waals surface area contributed by atoms with Gasteiger partial charge in [0.05, 0.1) is 13.2 Å². The molecular weight excluding hydrogens is 460 g/mol. The minimum Gasteiger partial charge on any atom is -0.469 e. The van der Waals surface area contributed by atoms with Crippen LogP contribution in [0.15, 0.2) is 0 Å². The van der Waals surface area contributed by atoms with Gasteiger partial charge in [0.2, 0.25) is 0 Å². The quantitative estimate of drug-likeness (QED) is 0.412. The van der Waals surface area contributed by atoms with Crippen molar-refractivity contribution in [3.05, 3.63) is 0 Å². The first-order valence-corrected chi connectivity index (χ1v) is 14.0. The number of esters is 3. The Morgan fingerprint density at radius 2 is 1.67 bits per heavy atom. The van der Waals surface area contributed by atoms with Crippen molar-refractivity contribution in [2.45, 2.75) is 111 Å². The maximum Gasteiger partial charge on any atom is 0.305 e. The van der Waals surface area contributed by atoms with Crippen molar-refractivity contribution in [3.63, 3.8) is 0 Å². The molecule has 0 spiro atoms. The van der Waals surface area contributed by atoms with Crippen LogP contribution in [0.1, 0.15) is 92.4 Å². The number of carbonyl (C=O) groups is 3. The zero-order valence-electron chi connectivity index (χ0n) is 23.0. The van der Waals surface area contributed by atoms with E-state index in [-0.39, 0.29) is 64.6 Å². The lowest BCUT2D eigenvalue weighted by Gasteiger charge is -2.64. The molecule has 4 fully saturated rings. The number of hydrogen-bond donors (Lipinski definition) is 1. The minimum absolute atomic E-state index is 0.0227. The fraction of sp³-hybridized carbons (Fsp3) is 0.897. The molecule has 0 aliphatic heterocycles. The second kappa shape index (κ2) is 10.3. The van der Waals surface area contributed by atoms with E-state index in [1.54, 1.807) is 0 Å². The molecule has 7 heteroatoms.